The van der Waals surface area contributed by atoms with Gasteiger partial charge >= 0.3 is 0 Å². The molecule has 0 bridgehead atoms. The van der Waals surface area contributed by atoms with Gasteiger partial charge in [0.1, 0.15) is 5.76 Å². The van der Waals surface area contributed by atoms with Crippen LogP contribution in [0, 0.1) is 22.3 Å². The zero-order valence-electron chi connectivity index (χ0n) is 10.4. The maximum Gasteiger partial charge on any atom is 0.292 e. The molecule has 86 valence electrons. The number of nitrogens with zero attached hydrogens (tertiary/aromatic N) is 1. The summed E-state index contributed by atoms with van der Waals surface area (Å²) in [4.78, 5) is 0. The molecule has 0 spiro atoms. The molecule has 0 saturated carbocycles. The van der Waals surface area contributed by atoms with Crippen molar-refractivity contribution in [1.82, 2.24) is 0 Å². The minimum absolute atomic E-state index is 0.0998. The molecule has 0 amide bonds. The lowest BCUT2D eigenvalue weighted by Gasteiger charge is -2.39. The van der Waals surface area contributed by atoms with Gasteiger partial charge < -0.3 is 4.74 Å². The first-order chi connectivity index (χ1) is 7.45. The molecule has 2 heteroatoms. The summed E-state index contributed by atoms with van der Waals surface area (Å²) in [5.74, 6) is 0.622. The fourth-order valence-corrected chi connectivity index (χ4v) is 1.72. The first kappa shape index (κ1) is 12.6. The molecular weight excluding hydrogens is 198 g/mol. The van der Waals surface area contributed by atoms with Crippen molar-refractivity contribution < 1.29 is 4.74 Å². The van der Waals surface area contributed by atoms with Crippen LogP contribution in [0.3, 0.4) is 0 Å². The van der Waals surface area contributed by atoms with Crippen LogP contribution in [0.2, 0.25) is 0 Å². The molecule has 0 saturated heterocycles. The van der Waals surface area contributed by atoms with Crippen LogP contribution in [0.4, 0.5) is 0 Å². The van der Waals surface area contributed by atoms with Gasteiger partial charge in [0.15, 0.2) is 0 Å². The Labute approximate surface area is 97.9 Å². The highest BCUT2D eigenvalue weighted by Crippen LogP contribution is 2.45. The molecule has 0 aromatic rings. The lowest BCUT2D eigenvalue weighted by atomic mass is 9.65. The summed E-state index contributed by atoms with van der Waals surface area (Å²) in [6.45, 7) is 8.79. The molecule has 0 heterocycles. The number of nitriles is 1. The Kier molecular flexibility index (Phi) is 3.59. The monoisotopic (exact) mass is 217 g/mol. The van der Waals surface area contributed by atoms with Crippen molar-refractivity contribution in [1.29, 1.82) is 5.26 Å². The van der Waals surface area contributed by atoms with Crippen LogP contribution in [-0.4, -0.2) is 0 Å². The van der Waals surface area contributed by atoms with Crippen molar-refractivity contribution in [2.24, 2.45) is 10.8 Å². The molecule has 0 aromatic carbocycles. The first-order valence-corrected chi connectivity index (χ1v) is 5.60. The number of hydrogen-bond donors (Lipinski definition) is 0. The summed E-state index contributed by atoms with van der Waals surface area (Å²) in [6.07, 6.45) is 12.7. The standard InChI is InChI=1S/C14H19NO/c1-5-13(2,3)14(4)9-7-6-8-12(10-14)16-11-15/h6-10H,5H2,1-4H3. The van der Waals surface area contributed by atoms with Gasteiger partial charge in [-0.3, -0.25) is 0 Å². The van der Waals surface area contributed by atoms with E-state index < -0.39 is 0 Å². The second-order valence-corrected chi connectivity index (χ2v) is 4.98. The molecule has 1 unspecified atom stereocenters. The predicted molar refractivity (Wildman–Crippen MR) is 65.2 cm³/mol. The van der Waals surface area contributed by atoms with Gasteiger partial charge in [-0.15, -0.1) is 5.26 Å². The molecule has 2 nitrogen and oxygen atoms in total. The number of rotatable bonds is 3. The van der Waals surface area contributed by atoms with Crippen molar-refractivity contribution in [3.8, 4) is 6.26 Å². The highest BCUT2D eigenvalue weighted by molar-refractivity contribution is 5.30. The second kappa shape index (κ2) is 4.57. The molecular formula is C14H19NO. The van der Waals surface area contributed by atoms with Crippen LogP contribution >= 0.6 is 0 Å². The topological polar surface area (TPSA) is 33.0 Å². The van der Waals surface area contributed by atoms with Crippen LogP contribution in [0.1, 0.15) is 34.1 Å². The average molecular weight is 217 g/mol. The third-order valence-corrected chi connectivity index (χ3v) is 3.76. The smallest absolute Gasteiger partial charge is 0.292 e. The molecule has 1 atom stereocenters. The molecule has 1 aliphatic carbocycles. The Bertz CT molecular complexity index is 382. The van der Waals surface area contributed by atoms with Crippen LogP contribution in [-0.2, 0) is 4.74 Å². The van der Waals surface area contributed by atoms with Crippen LogP contribution in [0.25, 0.3) is 0 Å². The summed E-state index contributed by atoms with van der Waals surface area (Å²) >= 11 is 0. The fraction of sp³-hybridized carbons (Fsp3) is 0.500. The normalized spacial score (nSPS) is 24.6. The summed E-state index contributed by atoms with van der Waals surface area (Å²) in [7, 11) is 0. The molecule has 0 fully saturated rings. The Balaban J connectivity index is 3.13. The maximum atomic E-state index is 8.57. The highest BCUT2D eigenvalue weighted by atomic mass is 16.5. The molecule has 0 radical (unpaired) electrons. The molecule has 0 N–H and O–H groups in total. The second-order valence-electron chi connectivity index (χ2n) is 4.98. The third kappa shape index (κ3) is 2.36. The van der Waals surface area contributed by atoms with E-state index in [-0.39, 0.29) is 10.8 Å². The van der Waals surface area contributed by atoms with Crippen molar-refractivity contribution in [3.63, 3.8) is 0 Å². The van der Waals surface area contributed by atoms with E-state index in [2.05, 4.69) is 33.8 Å². The Morgan fingerprint density at radius 1 is 1.44 bits per heavy atom. The lowest BCUT2D eigenvalue weighted by Crippen LogP contribution is -2.31. The zero-order chi connectivity index (χ0) is 12.2. The summed E-state index contributed by atoms with van der Waals surface area (Å²) in [5.41, 5.74) is 0.0248. The van der Waals surface area contributed by atoms with Gasteiger partial charge in [0.05, 0.1) is 0 Å². The van der Waals surface area contributed by atoms with Crippen molar-refractivity contribution in [2.75, 3.05) is 0 Å². The molecule has 16 heavy (non-hydrogen) atoms. The van der Waals surface area contributed by atoms with E-state index in [1.54, 1.807) is 6.26 Å². The summed E-state index contributed by atoms with van der Waals surface area (Å²) in [6, 6.07) is 0. The van der Waals surface area contributed by atoms with Gasteiger partial charge in [-0.05, 0) is 24.0 Å². The van der Waals surface area contributed by atoms with Crippen LogP contribution in [0.15, 0.2) is 36.1 Å². The van der Waals surface area contributed by atoms with Gasteiger partial charge in [-0.1, -0.05) is 45.9 Å². The van der Waals surface area contributed by atoms with E-state index in [0.717, 1.165) is 6.42 Å². The van der Waals surface area contributed by atoms with Crippen molar-refractivity contribution >= 4 is 0 Å². The fourth-order valence-electron chi connectivity index (χ4n) is 1.72. The first-order valence-electron chi connectivity index (χ1n) is 5.60. The highest BCUT2D eigenvalue weighted by Gasteiger charge is 2.36. The third-order valence-electron chi connectivity index (χ3n) is 3.76. The van der Waals surface area contributed by atoms with Gasteiger partial charge in [0.2, 0.25) is 0 Å². The zero-order valence-corrected chi connectivity index (χ0v) is 10.4. The van der Waals surface area contributed by atoms with E-state index in [4.69, 9.17) is 10.00 Å². The van der Waals surface area contributed by atoms with Crippen LogP contribution < -0.4 is 0 Å². The van der Waals surface area contributed by atoms with Crippen molar-refractivity contribution in [2.45, 2.75) is 34.1 Å². The van der Waals surface area contributed by atoms with E-state index in [1.807, 2.05) is 24.3 Å². The van der Waals surface area contributed by atoms with Crippen molar-refractivity contribution in [3.05, 3.63) is 36.1 Å². The molecule has 1 aliphatic rings. The minimum Gasteiger partial charge on any atom is -0.388 e. The molecule has 0 aliphatic heterocycles. The minimum atomic E-state index is -0.0998. The number of allylic oxidation sites excluding steroid dienone is 5. The van der Waals surface area contributed by atoms with Gasteiger partial charge in [-0.2, -0.15) is 0 Å². The maximum absolute atomic E-state index is 8.57. The predicted octanol–water partition coefficient (Wildman–Crippen LogP) is 3.94. The van der Waals surface area contributed by atoms with E-state index in [9.17, 15) is 0 Å². The quantitative estimate of drug-likeness (QED) is 0.671. The van der Waals surface area contributed by atoms with E-state index in [1.165, 1.54) is 0 Å². The Hall–Kier alpha value is -1.49. The van der Waals surface area contributed by atoms with E-state index >= 15 is 0 Å². The van der Waals surface area contributed by atoms with Gasteiger partial charge in [-0.25, -0.2) is 0 Å². The SMILES string of the molecule is CCC(C)(C)C1(C)C=CC=CC(OC#N)=C1. The lowest BCUT2D eigenvalue weighted by molar-refractivity contribution is 0.185. The molecule has 0 aromatic heterocycles. The Morgan fingerprint density at radius 3 is 2.69 bits per heavy atom. The Morgan fingerprint density at radius 2 is 2.12 bits per heavy atom. The number of ether oxygens (including phenoxy) is 1. The van der Waals surface area contributed by atoms with Crippen LogP contribution in [0.5, 0.6) is 0 Å². The largest absolute Gasteiger partial charge is 0.388 e. The summed E-state index contributed by atoms with van der Waals surface area (Å²) in [5, 5.41) is 8.57. The number of hydrogen-bond acceptors (Lipinski definition) is 2. The molecule has 1 rings (SSSR count). The summed E-state index contributed by atoms with van der Waals surface area (Å²) < 4.78 is 4.94. The van der Waals surface area contributed by atoms with Gasteiger partial charge in [0, 0.05) is 5.41 Å². The van der Waals surface area contributed by atoms with Gasteiger partial charge in [0.25, 0.3) is 6.26 Å². The van der Waals surface area contributed by atoms with E-state index in [0.29, 0.717) is 5.76 Å². The average Bonchev–Trinajstić information content (AvgIpc) is 2.42.